The number of carboxylic acid groups (broad SMARTS) is 1. The summed E-state index contributed by atoms with van der Waals surface area (Å²) in [6.45, 7) is 5.92. The molecule has 1 heterocycles. The van der Waals surface area contributed by atoms with Crippen molar-refractivity contribution in [3.8, 4) is 0 Å². The Bertz CT molecular complexity index is 649. The molecule has 0 saturated carbocycles. The number of halogens is 1. The molecule has 0 fully saturated rings. The number of hydrogen-bond acceptors (Lipinski definition) is 4. The summed E-state index contributed by atoms with van der Waals surface area (Å²) < 4.78 is 17.5. The maximum atomic E-state index is 13.2. The van der Waals surface area contributed by atoms with E-state index in [0.29, 0.717) is 16.4 Å². The van der Waals surface area contributed by atoms with Gasteiger partial charge in [-0.1, -0.05) is 32.9 Å². The fraction of sp³-hybridized carbons (Fsp3) is 0.400. The van der Waals surface area contributed by atoms with E-state index in [0.717, 1.165) is 11.5 Å². The highest BCUT2D eigenvalue weighted by Crippen LogP contribution is 2.27. The van der Waals surface area contributed by atoms with Gasteiger partial charge in [0.15, 0.2) is 0 Å². The summed E-state index contributed by atoms with van der Waals surface area (Å²) in [6, 6.07) is 5.97. The first-order chi connectivity index (χ1) is 9.77. The van der Waals surface area contributed by atoms with Crippen LogP contribution in [0.3, 0.4) is 0 Å². The van der Waals surface area contributed by atoms with Crippen LogP contribution in [-0.4, -0.2) is 20.4 Å². The zero-order valence-corrected chi connectivity index (χ0v) is 12.9. The highest BCUT2D eigenvalue weighted by molar-refractivity contribution is 7.05. The standard InChI is InChI=1S/C15H17FN2O2S/c1-15(2,3)14-17-12(21-18-14)11(13(19)20)8-9-5-4-6-10(16)7-9/h4-7,11H,8H2,1-3H3,(H,19,20). The number of aromatic nitrogens is 2. The first-order valence-corrected chi connectivity index (χ1v) is 7.36. The number of aliphatic carboxylic acids is 1. The molecule has 1 aromatic heterocycles. The van der Waals surface area contributed by atoms with E-state index in [4.69, 9.17) is 0 Å². The summed E-state index contributed by atoms with van der Waals surface area (Å²) in [6.07, 6.45) is 0.200. The normalized spacial score (nSPS) is 13.1. The summed E-state index contributed by atoms with van der Waals surface area (Å²) in [7, 11) is 0. The van der Waals surface area contributed by atoms with Crippen molar-refractivity contribution in [2.45, 2.75) is 38.5 Å². The van der Waals surface area contributed by atoms with Crippen LogP contribution in [0.2, 0.25) is 0 Å². The molecule has 2 rings (SSSR count). The third-order valence-corrected chi connectivity index (χ3v) is 3.86. The summed E-state index contributed by atoms with van der Waals surface area (Å²) in [4.78, 5) is 15.8. The van der Waals surface area contributed by atoms with Crippen LogP contribution in [0.25, 0.3) is 0 Å². The second-order valence-electron chi connectivity index (χ2n) is 5.93. The molecule has 1 N–H and O–H groups in total. The van der Waals surface area contributed by atoms with Gasteiger partial charge in [-0.3, -0.25) is 4.79 Å². The van der Waals surface area contributed by atoms with E-state index in [-0.39, 0.29) is 17.7 Å². The van der Waals surface area contributed by atoms with Gasteiger partial charge in [-0.25, -0.2) is 9.37 Å². The molecule has 0 aliphatic rings. The van der Waals surface area contributed by atoms with E-state index in [1.807, 2.05) is 20.8 Å². The lowest BCUT2D eigenvalue weighted by Gasteiger charge is -2.13. The molecular formula is C15H17FN2O2S. The van der Waals surface area contributed by atoms with Crippen LogP contribution in [0.15, 0.2) is 24.3 Å². The van der Waals surface area contributed by atoms with Crippen LogP contribution in [0, 0.1) is 5.82 Å². The van der Waals surface area contributed by atoms with E-state index >= 15 is 0 Å². The van der Waals surface area contributed by atoms with Gasteiger partial charge in [0, 0.05) is 5.41 Å². The molecule has 4 nitrogen and oxygen atoms in total. The molecule has 1 unspecified atom stereocenters. The minimum absolute atomic E-state index is 0.200. The lowest BCUT2D eigenvalue weighted by Crippen LogP contribution is -2.16. The molecule has 112 valence electrons. The molecule has 0 amide bonds. The van der Waals surface area contributed by atoms with Gasteiger partial charge in [0.1, 0.15) is 22.6 Å². The highest BCUT2D eigenvalue weighted by atomic mass is 32.1. The summed E-state index contributed by atoms with van der Waals surface area (Å²) in [5.41, 5.74) is 0.409. The molecule has 21 heavy (non-hydrogen) atoms. The van der Waals surface area contributed by atoms with E-state index < -0.39 is 11.9 Å². The summed E-state index contributed by atoms with van der Waals surface area (Å²) in [5.74, 6) is -1.52. The van der Waals surface area contributed by atoms with Crippen molar-refractivity contribution in [3.63, 3.8) is 0 Å². The van der Waals surface area contributed by atoms with Crippen LogP contribution >= 0.6 is 11.5 Å². The SMILES string of the molecule is CC(C)(C)c1nsc(C(Cc2cccc(F)c2)C(=O)O)n1. The minimum atomic E-state index is -0.976. The molecule has 0 radical (unpaired) electrons. The topological polar surface area (TPSA) is 63.1 Å². The molecule has 0 aliphatic carbocycles. The molecule has 6 heteroatoms. The average molecular weight is 308 g/mol. The van der Waals surface area contributed by atoms with Gasteiger partial charge in [-0.15, -0.1) is 0 Å². The minimum Gasteiger partial charge on any atom is -0.481 e. The molecular weight excluding hydrogens is 291 g/mol. The highest BCUT2D eigenvalue weighted by Gasteiger charge is 2.27. The Morgan fingerprint density at radius 3 is 2.67 bits per heavy atom. The maximum absolute atomic E-state index is 13.2. The zero-order valence-electron chi connectivity index (χ0n) is 12.1. The Kier molecular flexibility index (Phi) is 4.37. The van der Waals surface area contributed by atoms with E-state index in [9.17, 15) is 14.3 Å². The number of carboxylic acids is 1. The molecule has 0 saturated heterocycles. The van der Waals surface area contributed by atoms with E-state index in [1.165, 1.54) is 12.1 Å². The number of carbonyl (C=O) groups is 1. The molecule has 0 spiro atoms. The third-order valence-electron chi connectivity index (χ3n) is 3.04. The van der Waals surface area contributed by atoms with Gasteiger partial charge in [-0.05, 0) is 35.6 Å². The van der Waals surface area contributed by atoms with Crippen LogP contribution in [0.1, 0.15) is 43.1 Å². The van der Waals surface area contributed by atoms with Crippen LogP contribution in [0.4, 0.5) is 4.39 Å². The van der Waals surface area contributed by atoms with Gasteiger partial charge in [0.05, 0.1) is 0 Å². The van der Waals surface area contributed by atoms with E-state index in [1.54, 1.807) is 12.1 Å². The van der Waals surface area contributed by atoms with Crippen molar-refractivity contribution in [2.24, 2.45) is 0 Å². The van der Waals surface area contributed by atoms with Crippen molar-refractivity contribution in [3.05, 3.63) is 46.5 Å². The van der Waals surface area contributed by atoms with Crippen molar-refractivity contribution in [2.75, 3.05) is 0 Å². The first kappa shape index (κ1) is 15.6. The Labute approximate surface area is 126 Å². The van der Waals surface area contributed by atoms with Crippen LogP contribution in [-0.2, 0) is 16.6 Å². The third kappa shape index (κ3) is 3.85. The van der Waals surface area contributed by atoms with Crippen molar-refractivity contribution in [1.29, 1.82) is 0 Å². The van der Waals surface area contributed by atoms with Crippen molar-refractivity contribution < 1.29 is 14.3 Å². The Morgan fingerprint density at radius 2 is 2.14 bits per heavy atom. The Morgan fingerprint density at radius 1 is 1.43 bits per heavy atom. The zero-order chi connectivity index (χ0) is 15.6. The molecule has 1 aromatic carbocycles. The quantitative estimate of drug-likeness (QED) is 0.940. The second-order valence-corrected chi connectivity index (χ2v) is 6.71. The fourth-order valence-corrected chi connectivity index (χ4v) is 2.79. The predicted molar refractivity (Wildman–Crippen MR) is 79.1 cm³/mol. The molecule has 0 aliphatic heterocycles. The van der Waals surface area contributed by atoms with Gasteiger partial charge < -0.3 is 5.11 Å². The lowest BCUT2D eigenvalue weighted by atomic mass is 9.95. The number of nitrogens with zero attached hydrogens (tertiary/aromatic N) is 2. The number of hydrogen-bond donors (Lipinski definition) is 1. The monoisotopic (exact) mass is 308 g/mol. The molecule has 2 aromatic rings. The lowest BCUT2D eigenvalue weighted by molar-refractivity contribution is -0.138. The van der Waals surface area contributed by atoms with E-state index in [2.05, 4.69) is 9.36 Å². The Balaban J connectivity index is 2.27. The summed E-state index contributed by atoms with van der Waals surface area (Å²) in [5, 5.41) is 9.87. The largest absolute Gasteiger partial charge is 0.481 e. The average Bonchev–Trinajstić information content (AvgIpc) is 2.84. The fourth-order valence-electron chi connectivity index (χ4n) is 1.86. The maximum Gasteiger partial charge on any atom is 0.313 e. The van der Waals surface area contributed by atoms with Gasteiger partial charge in [0.2, 0.25) is 0 Å². The van der Waals surface area contributed by atoms with Gasteiger partial charge in [-0.2, -0.15) is 4.37 Å². The first-order valence-electron chi connectivity index (χ1n) is 6.58. The molecule has 1 atom stereocenters. The predicted octanol–water partition coefficient (Wildman–Crippen LogP) is 3.39. The summed E-state index contributed by atoms with van der Waals surface area (Å²) >= 11 is 1.10. The smallest absolute Gasteiger partial charge is 0.313 e. The number of rotatable bonds is 4. The van der Waals surface area contributed by atoms with Crippen LogP contribution < -0.4 is 0 Å². The van der Waals surface area contributed by atoms with Gasteiger partial charge in [0.25, 0.3) is 0 Å². The van der Waals surface area contributed by atoms with Crippen molar-refractivity contribution in [1.82, 2.24) is 9.36 Å². The molecule has 0 bridgehead atoms. The van der Waals surface area contributed by atoms with Crippen LogP contribution in [0.5, 0.6) is 0 Å². The Hall–Kier alpha value is -1.82. The van der Waals surface area contributed by atoms with Gasteiger partial charge >= 0.3 is 5.97 Å². The number of benzene rings is 1. The second kappa shape index (κ2) is 5.89. The van der Waals surface area contributed by atoms with Crippen molar-refractivity contribution >= 4 is 17.5 Å².